The van der Waals surface area contributed by atoms with Gasteiger partial charge in [-0.1, -0.05) is 71.0 Å². The first-order valence-corrected chi connectivity index (χ1v) is 16.1. The number of carboxylic acid groups (broad SMARTS) is 1. The monoisotopic (exact) mass is 617 g/mol. The van der Waals surface area contributed by atoms with Crippen LogP contribution in [0.15, 0.2) is 54.7 Å². The van der Waals surface area contributed by atoms with Crippen LogP contribution in [0.1, 0.15) is 62.8 Å². The van der Waals surface area contributed by atoms with Crippen molar-refractivity contribution < 1.29 is 24.2 Å². The highest BCUT2D eigenvalue weighted by Gasteiger charge is 2.50. The lowest BCUT2D eigenvalue weighted by Crippen LogP contribution is -2.66. The Bertz CT molecular complexity index is 1490. The molecule has 0 bridgehead atoms. The van der Waals surface area contributed by atoms with Gasteiger partial charge < -0.3 is 28.9 Å². The van der Waals surface area contributed by atoms with Gasteiger partial charge in [0, 0.05) is 32.4 Å². The average Bonchev–Trinajstić information content (AvgIpc) is 3.40. The van der Waals surface area contributed by atoms with Gasteiger partial charge in [-0.15, -0.1) is 0 Å². The highest BCUT2D eigenvalue weighted by molar-refractivity contribution is 5.95. The number of ether oxygens (including phenoxy) is 1. The summed E-state index contributed by atoms with van der Waals surface area (Å²) in [4.78, 5) is 51.5. The molecule has 0 saturated carbocycles. The topological polar surface area (TPSA) is 108 Å². The van der Waals surface area contributed by atoms with E-state index >= 15 is 0 Å². The smallest absolute Gasteiger partial charge is 0.407 e. The maximum Gasteiger partial charge on any atom is 0.407 e. The fraction of sp³-hybridized carbons (Fsp3) is 0.543. The second kappa shape index (κ2) is 13.6. The van der Waals surface area contributed by atoms with E-state index in [-0.39, 0.29) is 24.3 Å². The number of rotatable bonds is 8. The second-order valence-electron chi connectivity index (χ2n) is 13.9. The Morgan fingerprint density at radius 3 is 2.36 bits per heavy atom. The van der Waals surface area contributed by atoms with Gasteiger partial charge in [-0.2, -0.15) is 0 Å². The van der Waals surface area contributed by atoms with E-state index in [1.807, 2.05) is 72.7 Å². The third kappa shape index (κ3) is 7.16. The maximum absolute atomic E-state index is 14.9. The molecule has 242 valence electrons. The van der Waals surface area contributed by atoms with E-state index in [2.05, 4.69) is 26.0 Å². The molecule has 3 aromatic rings. The second-order valence-corrected chi connectivity index (χ2v) is 13.9. The van der Waals surface area contributed by atoms with E-state index in [0.717, 1.165) is 12.1 Å². The number of amides is 3. The van der Waals surface area contributed by atoms with E-state index in [1.54, 1.807) is 4.90 Å². The first-order chi connectivity index (χ1) is 21.5. The van der Waals surface area contributed by atoms with Gasteiger partial charge in [-0.05, 0) is 48.3 Å². The molecule has 3 amide bonds. The van der Waals surface area contributed by atoms with E-state index < -0.39 is 29.5 Å². The Kier molecular flexibility index (Phi) is 9.82. The van der Waals surface area contributed by atoms with Crippen LogP contribution >= 0.6 is 0 Å². The van der Waals surface area contributed by atoms with Gasteiger partial charge in [-0.25, -0.2) is 9.78 Å². The number of hydrogen-bond donors (Lipinski definition) is 1. The summed E-state index contributed by atoms with van der Waals surface area (Å²) in [5.74, 6) is -0.758. The highest BCUT2D eigenvalue weighted by atomic mass is 16.5. The normalized spacial score (nSPS) is 20.9. The van der Waals surface area contributed by atoms with Crippen LogP contribution in [0.2, 0.25) is 0 Å². The van der Waals surface area contributed by atoms with Crippen molar-refractivity contribution in [3.05, 3.63) is 71.7 Å². The molecule has 0 radical (unpaired) electrons. The Balaban J connectivity index is 1.57. The molecule has 10 nitrogen and oxygen atoms in total. The maximum atomic E-state index is 14.9. The molecule has 3 atom stereocenters. The third-order valence-corrected chi connectivity index (χ3v) is 9.00. The summed E-state index contributed by atoms with van der Waals surface area (Å²) in [6.45, 7) is 12.6. The molecule has 5 rings (SSSR count). The van der Waals surface area contributed by atoms with Crippen LogP contribution in [0.25, 0.3) is 5.65 Å². The van der Waals surface area contributed by atoms with E-state index in [0.29, 0.717) is 57.0 Å². The third-order valence-electron chi connectivity index (χ3n) is 9.00. The molecule has 4 heterocycles. The summed E-state index contributed by atoms with van der Waals surface area (Å²) >= 11 is 0. The van der Waals surface area contributed by atoms with Crippen molar-refractivity contribution in [3.8, 4) is 0 Å². The minimum Gasteiger partial charge on any atom is -0.465 e. The molecule has 2 aliphatic heterocycles. The fourth-order valence-corrected chi connectivity index (χ4v) is 7.08. The van der Waals surface area contributed by atoms with Crippen molar-refractivity contribution >= 4 is 23.6 Å². The van der Waals surface area contributed by atoms with Crippen LogP contribution in [-0.2, 0) is 22.4 Å². The van der Waals surface area contributed by atoms with Gasteiger partial charge in [0.2, 0.25) is 5.91 Å². The highest BCUT2D eigenvalue weighted by Crippen LogP contribution is 2.38. The summed E-state index contributed by atoms with van der Waals surface area (Å²) < 4.78 is 7.45. The SMILES string of the molecule is CC(C)CN(C(=O)c1nc2ccccn2c1CCc1ccccc1)[C@H]1C[C@@H](C(=O)N2CCOCC2)CN(C(=O)O)C1C(C)(C)C. The molecule has 2 aliphatic rings. The van der Waals surface area contributed by atoms with Crippen molar-refractivity contribution in [1.82, 2.24) is 24.1 Å². The molecule has 0 aliphatic carbocycles. The Hall–Kier alpha value is -3.92. The molecule has 2 fully saturated rings. The molecule has 10 heteroatoms. The zero-order valence-electron chi connectivity index (χ0n) is 27.2. The van der Waals surface area contributed by atoms with Gasteiger partial charge in [0.05, 0.1) is 36.9 Å². The number of piperidine rings is 1. The number of hydrogen-bond acceptors (Lipinski definition) is 5. The van der Waals surface area contributed by atoms with Gasteiger partial charge >= 0.3 is 6.09 Å². The minimum atomic E-state index is -1.08. The number of benzene rings is 1. The van der Waals surface area contributed by atoms with E-state index in [4.69, 9.17) is 9.72 Å². The Morgan fingerprint density at radius 2 is 1.71 bits per heavy atom. The van der Waals surface area contributed by atoms with Crippen LogP contribution in [0, 0.1) is 17.3 Å². The van der Waals surface area contributed by atoms with Crippen molar-refractivity contribution in [2.75, 3.05) is 39.4 Å². The molecular formula is C35H47N5O5. The van der Waals surface area contributed by atoms with Crippen LogP contribution in [-0.4, -0.2) is 98.6 Å². The van der Waals surface area contributed by atoms with Crippen LogP contribution in [0.4, 0.5) is 4.79 Å². The predicted octanol–water partition coefficient (Wildman–Crippen LogP) is 4.86. The summed E-state index contributed by atoms with van der Waals surface area (Å²) in [5, 5.41) is 10.5. The number of carbonyl (C=O) groups is 3. The quantitative estimate of drug-likeness (QED) is 0.387. The number of pyridine rings is 1. The molecule has 2 aromatic heterocycles. The Labute approximate surface area is 266 Å². The van der Waals surface area contributed by atoms with Crippen LogP contribution in [0.3, 0.4) is 0 Å². The lowest BCUT2D eigenvalue weighted by molar-refractivity contribution is -0.144. The lowest BCUT2D eigenvalue weighted by Gasteiger charge is -2.52. The number of carbonyl (C=O) groups excluding carboxylic acids is 2. The fourth-order valence-electron chi connectivity index (χ4n) is 7.08. The number of imidazole rings is 1. The number of aryl methyl sites for hydroxylation is 2. The first-order valence-electron chi connectivity index (χ1n) is 16.1. The lowest BCUT2D eigenvalue weighted by atomic mass is 9.74. The Morgan fingerprint density at radius 1 is 1.02 bits per heavy atom. The van der Waals surface area contributed by atoms with Gasteiger partial charge in [0.15, 0.2) is 5.69 Å². The number of likely N-dealkylation sites (tertiary alicyclic amines) is 1. The van der Waals surface area contributed by atoms with Crippen molar-refractivity contribution in [1.29, 1.82) is 0 Å². The molecule has 2 saturated heterocycles. The van der Waals surface area contributed by atoms with Crippen molar-refractivity contribution in [3.63, 3.8) is 0 Å². The first kappa shape index (κ1) is 32.5. The van der Waals surface area contributed by atoms with Crippen molar-refractivity contribution in [2.24, 2.45) is 17.3 Å². The van der Waals surface area contributed by atoms with Crippen LogP contribution in [0.5, 0.6) is 0 Å². The van der Waals surface area contributed by atoms with Crippen LogP contribution < -0.4 is 0 Å². The summed E-state index contributed by atoms with van der Waals surface area (Å²) in [5.41, 5.74) is 2.57. The average molecular weight is 618 g/mol. The molecule has 45 heavy (non-hydrogen) atoms. The molecule has 1 aromatic carbocycles. The molecule has 1 unspecified atom stereocenters. The molecular weight excluding hydrogens is 570 g/mol. The molecule has 1 N–H and O–H groups in total. The van der Waals surface area contributed by atoms with E-state index in [1.165, 1.54) is 10.5 Å². The molecule has 0 spiro atoms. The van der Waals surface area contributed by atoms with E-state index in [9.17, 15) is 19.5 Å². The zero-order chi connectivity index (χ0) is 32.3. The zero-order valence-corrected chi connectivity index (χ0v) is 27.2. The number of morpholine rings is 1. The van der Waals surface area contributed by atoms with Gasteiger partial charge in [0.1, 0.15) is 5.65 Å². The summed E-state index contributed by atoms with van der Waals surface area (Å²) in [6, 6.07) is 14.9. The standard InChI is InChI=1S/C35H47N5O5/c1-24(2)22-39(33(42)30-27(15-14-25-11-7-6-8-12-25)38-16-10-9-13-29(38)36-30)28-21-26(32(41)37-17-19-45-20-18-37)23-40(34(43)44)31(28)35(3,4)5/h6-13,16,24,26,28,31H,14-15,17-23H2,1-5H3,(H,43,44)/t26-,28+,31?/m1/s1. The minimum absolute atomic E-state index is 0.0739. The summed E-state index contributed by atoms with van der Waals surface area (Å²) in [6.07, 6.45) is 2.59. The number of nitrogens with zero attached hydrogens (tertiary/aromatic N) is 5. The van der Waals surface area contributed by atoms with Crippen molar-refractivity contribution in [2.45, 2.75) is 66.0 Å². The predicted molar refractivity (Wildman–Crippen MR) is 172 cm³/mol. The van der Waals surface area contributed by atoms with Gasteiger partial charge in [0.25, 0.3) is 5.91 Å². The summed E-state index contributed by atoms with van der Waals surface area (Å²) in [7, 11) is 0. The van der Waals surface area contributed by atoms with Gasteiger partial charge in [-0.3, -0.25) is 9.59 Å². The number of fused-ring (bicyclic) bond motifs is 1. The number of aromatic nitrogens is 2. The largest absolute Gasteiger partial charge is 0.465 e.